The van der Waals surface area contributed by atoms with Gasteiger partial charge in [0, 0.05) is 20.3 Å². The van der Waals surface area contributed by atoms with E-state index in [-0.39, 0.29) is 17.7 Å². The monoisotopic (exact) mass is 239 g/mol. The maximum Gasteiger partial charge on any atom is 0.273 e. The minimum Gasteiger partial charge on any atom is -0.343 e. The predicted molar refractivity (Wildman–Crippen MR) is 61.7 cm³/mol. The van der Waals surface area contributed by atoms with Crippen molar-refractivity contribution in [1.29, 1.82) is 0 Å². The van der Waals surface area contributed by atoms with Gasteiger partial charge < -0.3 is 4.90 Å². The normalized spacial score (nSPS) is 12.0. The smallest absolute Gasteiger partial charge is 0.273 e. The van der Waals surface area contributed by atoms with Gasteiger partial charge in [-0.15, -0.1) is 0 Å². The summed E-state index contributed by atoms with van der Waals surface area (Å²) >= 11 is 0. The van der Waals surface area contributed by atoms with Crippen LogP contribution in [-0.2, 0) is 11.3 Å². The number of aromatic nitrogens is 2. The Labute approximate surface area is 99.5 Å². The fraction of sp³-hybridized carbons (Fsp3) is 0.500. The lowest BCUT2D eigenvalue weighted by Crippen LogP contribution is -2.36. The van der Waals surface area contributed by atoms with E-state index in [1.807, 2.05) is 0 Å². The van der Waals surface area contributed by atoms with Gasteiger partial charge in [-0.3, -0.25) is 19.7 Å². The molecule has 1 aromatic heterocycles. The average molecular weight is 239 g/mol. The van der Waals surface area contributed by atoms with Gasteiger partial charge in [0.1, 0.15) is 5.69 Å². The molecular weight excluding hydrogens is 222 g/mol. The summed E-state index contributed by atoms with van der Waals surface area (Å²) in [5.74, 6) is 4.30. The van der Waals surface area contributed by atoms with Gasteiger partial charge in [0.25, 0.3) is 5.91 Å². The number of amides is 2. The van der Waals surface area contributed by atoms with Gasteiger partial charge in [0.15, 0.2) is 0 Å². The molecule has 7 heteroatoms. The second-order valence-electron chi connectivity index (χ2n) is 4.03. The Morgan fingerprint density at radius 2 is 2.24 bits per heavy atom. The third kappa shape index (κ3) is 3.28. The van der Waals surface area contributed by atoms with Gasteiger partial charge in [-0.25, -0.2) is 5.84 Å². The van der Waals surface area contributed by atoms with Gasteiger partial charge in [-0.1, -0.05) is 6.92 Å². The van der Waals surface area contributed by atoms with Crippen molar-refractivity contribution < 1.29 is 9.59 Å². The molecule has 0 spiro atoms. The summed E-state index contributed by atoms with van der Waals surface area (Å²) in [5, 5.41) is 4.09. The molecule has 0 aliphatic carbocycles. The van der Waals surface area contributed by atoms with Gasteiger partial charge in [-0.2, -0.15) is 5.10 Å². The molecule has 0 aliphatic rings. The molecule has 0 aromatic carbocycles. The van der Waals surface area contributed by atoms with Crippen LogP contribution in [0.2, 0.25) is 0 Å². The Hall–Kier alpha value is -1.89. The summed E-state index contributed by atoms with van der Waals surface area (Å²) in [6.07, 6.45) is 1.66. The maximum absolute atomic E-state index is 11.6. The van der Waals surface area contributed by atoms with Crippen molar-refractivity contribution in [2.24, 2.45) is 11.8 Å². The number of nitrogens with one attached hydrogen (secondary N) is 1. The van der Waals surface area contributed by atoms with E-state index in [0.717, 1.165) is 0 Å². The van der Waals surface area contributed by atoms with E-state index in [2.05, 4.69) is 10.5 Å². The highest BCUT2D eigenvalue weighted by Gasteiger charge is 2.15. The molecule has 3 N–H and O–H groups in total. The first kappa shape index (κ1) is 13.2. The van der Waals surface area contributed by atoms with Crippen molar-refractivity contribution in [1.82, 2.24) is 20.1 Å². The van der Waals surface area contributed by atoms with Crippen molar-refractivity contribution in [3.05, 3.63) is 18.0 Å². The molecule has 7 nitrogen and oxygen atoms in total. The molecule has 0 saturated heterocycles. The number of carbonyl (C=O) groups excluding carboxylic acids is 2. The zero-order valence-corrected chi connectivity index (χ0v) is 10.2. The zero-order chi connectivity index (χ0) is 13.0. The SMILES string of the molecule is CC(Cn1ccc(C(=O)N(C)C)n1)C(=O)NN. The quantitative estimate of drug-likeness (QED) is 0.409. The summed E-state index contributed by atoms with van der Waals surface area (Å²) in [5.41, 5.74) is 2.43. The van der Waals surface area contributed by atoms with Crippen molar-refractivity contribution in [3.8, 4) is 0 Å². The van der Waals surface area contributed by atoms with E-state index < -0.39 is 0 Å². The van der Waals surface area contributed by atoms with Crippen LogP contribution in [0, 0.1) is 5.92 Å². The standard InChI is InChI=1S/C10H17N5O2/c1-7(9(16)12-11)6-15-5-4-8(13-15)10(17)14(2)3/h4-5,7H,6,11H2,1-3H3,(H,12,16). The Kier molecular flexibility index (Phi) is 4.22. The van der Waals surface area contributed by atoms with Gasteiger partial charge in [0.2, 0.25) is 5.91 Å². The number of hydrogen-bond donors (Lipinski definition) is 2. The van der Waals surface area contributed by atoms with Crippen molar-refractivity contribution >= 4 is 11.8 Å². The molecule has 0 fully saturated rings. The lowest BCUT2D eigenvalue weighted by atomic mass is 10.2. The van der Waals surface area contributed by atoms with Crippen LogP contribution in [0.3, 0.4) is 0 Å². The topological polar surface area (TPSA) is 93.2 Å². The molecule has 1 aromatic rings. The first-order valence-corrected chi connectivity index (χ1v) is 5.21. The van der Waals surface area contributed by atoms with Crippen molar-refractivity contribution in [2.75, 3.05) is 14.1 Å². The highest BCUT2D eigenvalue weighted by molar-refractivity contribution is 5.91. The maximum atomic E-state index is 11.6. The van der Waals surface area contributed by atoms with Gasteiger partial charge in [0.05, 0.1) is 12.5 Å². The third-order valence-corrected chi connectivity index (χ3v) is 2.32. The lowest BCUT2D eigenvalue weighted by molar-refractivity contribution is -0.125. The van der Waals surface area contributed by atoms with Crippen LogP contribution in [0.15, 0.2) is 12.3 Å². The number of hydrogen-bond acceptors (Lipinski definition) is 4. The number of nitrogens with zero attached hydrogens (tertiary/aromatic N) is 3. The molecule has 0 saturated carbocycles. The Morgan fingerprint density at radius 3 is 2.76 bits per heavy atom. The molecule has 1 atom stereocenters. The van der Waals surface area contributed by atoms with E-state index in [1.165, 1.54) is 4.90 Å². The Morgan fingerprint density at radius 1 is 1.59 bits per heavy atom. The van der Waals surface area contributed by atoms with Gasteiger partial charge in [-0.05, 0) is 6.07 Å². The number of hydrazine groups is 1. The molecule has 0 radical (unpaired) electrons. The first-order chi connectivity index (χ1) is 7.95. The molecule has 0 aliphatic heterocycles. The lowest BCUT2D eigenvalue weighted by Gasteiger charge is -2.10. The fourth-order valence-corrected chi connectivity index (χ4v) is 1.31. The molecule has 94 valence electrons. The van der Waals surface area contributed by atoms with Crippen LogP contribution in [0.25, 0.3) is 0 Å². The van der Waals surface area contributed by atoms with Crippen LogP contribution in [0.4, 0.5) is 0 Å². The summed E-state index contributed by atoms with van der Waals surface area (Å²) in [6.45, 7) is 2.11. The highest BCUT2D eigenvalue weighted by atomic mass is 16.2. The minimum absolute atomic E-state index is 0.167. The van der Waals surface area contributed by atoms with E-state index in [0.29, 0.717) is 12.2 Å². The minimum atomic E-state index is -0.304. The molecule has 2 amide bonds. The summed E-state index contributed by atoms with van der Waals surface area (Å²) in [6, 6.07) is 1.62. The molecule has 0 bridgehead atoms. The van der Waals surface area contributed by atoms with E-state index in [9.17, 15) is 9.59 Å². The Balaban J connectivity index is 2.69. The van der Waals surface area contributed by atoms with E-state index in [1.54, 1.807) is 38.0 Å². The second kappa shape index (κ2) is 5.44. The zero-order valence-electron chi connectivity index (χ0n) is 10.2. The van der Waals surface area contributed by atoms with Crippen molar-refractivity contribution in [3.63, 3.8) is 0 Å². The van der Waals surface area contributed by atoms with Crippen LogP contribution in [0.5, 0.6) is 0 Å². The second-order valence-corrected chi connectivity index (χ2v) is 4.03. The van der Waals surface area contributed by atoms with Crippen LogP contribution < -0.4 is 11.3 Å². The van der Waals surface area contributed by atoms with E-state index in [4.69, 9.17) is 5.84 Å². The van der Waals surface area contributed by atoms with Gasteiger partial charge >= 0.3 is 0 Å². The highest BCUT2D eigenvalue weighted by Crippen LogP contribution is 2.03. The number of nitrogens with two attached hydrogens (primary N) is 1. The largest absolute Gasteiger partial charge is 0.343 e. The van der Waals surface area contributed by atoms with Crippen LogP contribution in [0.1, 0.15) is 17.4 Å². The predicted octanol–water partition coefficient (Wildman–Crippen LogP) is -0.789. The van der Waals surface area contributed by atoms with Crippen molar-refractivity contribution in [2.45, 2.75) is 13.5 Å². The summed E-state index contributed by atoms with van der Waals surface area (Å²) in [4.78, 5) is 24.2. The average Bonchev–Trinajstić information content (AvgIpc) is 2.74. The van der Waals surface area contributed by atoms with Crippen LogP contribution in [-0.4, -0.2) is 40.6 Å². The number of rotatable bonds is 4. The fourth-order valence-electron chi connectivity index (χ4n) is 1.31. The Bertz CT molecular complexity index is 413. The molecule has 1 unspecified atom stereocenters. The summed E-state index contributed by atoms with van der Waals surface area (Å²) < 4.78 is 1.55. The molecule has 17 heavy (non-hydrogen) atoms. The van der Waals surface area contributed by atoms with E-state index >= 15 is 0 Å². The third-order valence-electron chi connectivity index (χ3n) is 2.32. The summed E-state index contributed by atoms with van der Waals surface area (Å²) in [7, 11) is 3.32. The van der Waals surface area contributed by atoms with Crippen LogP contribution >= 0.6 is 0 Å². The molecule has 1 rings (SSSR count). The first-order valence-electron chi connectivity index (χ1n) is 5.21. The molecule has 1 heterocycles. The number of carbonyl (C=O) groups is 2. The molecular formula is C10H17N5O2.